The van der Waals surface area contributed by atoms with Gasteiger partial charge in [-0.2, -0.15) is 0 Å². The van der Waals surface area contributed by atoms with Crippen molar-refractivity contribution in [2.45, 2.75) is 32.9 Å². The maximum Gasteiger partial charge on any atom is 0.330 e. The molecule has 1 N–H and O–H groups in total. The zero-order chi connectivity index (χ0) is 11.0. The van der Waals surface area contributed by atoms with Gasteiger partial charge in [0.1, 0.15) is 6.04 Å². The van der Waals surface area contributed by atoms with Crippen LogP contribution in [0.25, 0.3) is 0 Å². The molecule has 1 atom stereocenters. The van der Waals surface area contributed by atoms with Crippen LogP contribution in [0.2, 0.25) is 0 Å². The van der Waals surface area contributed by atoms with E-state index < -0.39 is 6.04 Å². The van der Waals surface area contributed by atoms with Gasteiger partial charge in [-0.15, -0.1) is 5.10 Å². The fourth-order valence-corrected chi connectivity index (χ4v) is 0.656. The minimum atomic E-state index is -0.523. The van der Waals surface area contributed by atoms with Gasteiger partial charge in [-0.1, -0.05) is 5.22 Å². The molecule has 0 aliphatic rings. The highest BCUT2D eigenvalue weighted by Crippen LogP contribution is 1.94. The van der Waals surface area contributed by atoms with Gasteiger partial charge in [0.15, 0.2) is 0 Å². The van der Waals surface area contributed by atoms with E-state index in [1.807, 2.05) is 22.6 Å². The number of hydrogen-bond donors (Lipinski definition) is 1. The molecule has 0 aliphatic carbocycles. The Morgan fingerprint density at radius 3 is 2.64 bits per heavy atom. The van der Waals surface area contributed by atoms with E-state index >= 15 is 0 Å². The van der Waals surface area contributed by atoms with Gasteiger partial charge in [0.05, 0.1) is 10.3 Å². The molecular formula is C7H13IN4O2. The summed E-state index contributed by atoms with van der Waals surface area (Å²) >= 11 is 1.91. The van der Waals surface area contributed by atoms with E-state index in [0.29, 0.717) is 0 Å². The quantitative estimate of drug-likeness (QED) is 0.276. The molecule has 80 valence electrons. The topological polar surface area (TPSA) is 75.4 Å². The molecule has 0 rings (SSSR count). The van der Waals surface area contributed by atoms with Gasteiger partial charge in [-0.05, 0) is 48.6 Å². The van der Waals surface area contributed by atoms with Crippen LogP contribution in [-0.2, 0) is 9.53 Å². The average Bonchev–Trinajstić information content (AvgIpc) is 2.11. The van der Waals surface area contributed by atoms with Gasteiger partial charge < -0.3 is 4.74 Å². The first-order valence-corrected chi connectivity index (χ1v) is 5.30. The molecule has 0 spiro atoms. The molecule has 0 aliphatic heterocycles. The highest BCUT2D eigenvalue weighted by molar-refractivity contribution is 14.1. The van der Waals surface area contributed by atoms with Crippen LogP contribution in [0.4, 0.5) is 0 Å². The summed E-state index contributed by atoms with van der Waals surface area (Å²) < 4.78 is 6.38. The molecule has 14 heavy (non-hydrogen) atoms. The Hall–Kier alpha value is -0.730. The fourth-order valence-electron chi connectivity index (χ4n) is 0.545. The fraction of sp³-hybridized carbons (Fsp3) is 0.714. The van der Waals surface area contributed by atoms with Crippen molar-refractivity contribution in [3.05, 3.63) is 0 Å². The Kier molecular flexibility index (Phi) is 7.25. The molecule has 0 saturated carbocycles. The first kappa shape index (κ1) is 13.3. The highest BCUT2D eigenvalue weighted by atomic mass is 127. The van der Waals surface area contributed by atoms with Crippen molar-refractivity contribution in [1.82, 2.24) is 5.43 Å². The predicted molar refractivity (Wildman–Crippen MR) is 61.2 cm³/mol. The summed E-state index contributed by atoms with van der Waals surface area (Å²) in [6, 6.07) is -0.523. The molecule has 0 heterocycles. The van der Waals surface area contributed by atoms with E-state index in [9.17, 15) is 4.79 Å². The van der Waals surface area contributed by atoms with Crippen LogP contribution in [0.1, 0.15) is 20.8 Å². The molecule has 0 bridgehead atoms. The van der Waals surface area contributed by atoms with E-state index in [0.717, 1.165) is 0 Å². The lowest BCUT2D eigenvalue weighted by atomic mass is 10.3. The van der Waals surface area contributed by atoms with E-state index in [1.54, 1.807) is 20.8 Å². The van der Waals surface area contributed by atoms with Crippen LogP contribution in [0.15, 0.2) is 15.5 Å². The molecule has 0 fully saturated rings. The lowest BCUT2D eigenvalue weighted by molar-refractivity contribution is -0.149. The van der Waals surface area contributed by atoms with Crippen molar-refractivity contribution in [3.8, 4) is 0 Å². The number of ether oxygens (including phenoxy) is 1. The van der Waals surface area contributed by atoms with E-state index in [1.165, 1.54) is 4.22 Å². The first-order chi connectivity index (χ1) is 6.57. The summed E-state index contributed by atoms with van der Waals surface area (Å²) in [6.07, 6.45) is -0.129. The third kappa shape index (κ3) is 6.75. The largest absolute Gasteiger partial charge is 0.461 e. The number of esters is 1. The summed E-state index contributed by atoms with van der Waals surface area (Å²) in [4.78, 5) is 11.2. The zero-order valence-corrected chi connectivity index (χ0v) is 10.4. The number of hydrogen-bond acceptors (Lipinski definition) is 4. The Morgan fingerprint density at radius 2 is 2.14 bits per heavy atom. The van der Waals surface area contributed by atoms with Crippen LogP contribution in [-0.4, -0.2) is 22.3 Å². The second kappa shape index (κ2) is 7.65. The number of halogens is 1. The van der Waals surface area contributed by atoms with Crippen LogP contribution >= 0.6 is 22.6 Å². The Bertz CT molecular complexity index is 230. The minimum absolute atomic E-state index is 0.129. The Labute approximate surface area is 96.3 Å². The third-order valence-electron chi connectivity index (χ3n) is 1.10. The van der Waals surface area contributed by atoms with Crippen molar-refractivity contribution >= 4 is 32.8 Å². The second-order valence-electron chi connectivity index (χ2n) is 2.74. The van der Waals surface area contributed by atoms with Gasteiger partial charge in [0.2, 0.25) is 0 Å². The summed E-state index contributed by atoms with van der Waals surface area (Å²) in [7, 11) is 0. The van der Waals surface area contributed by atoms with Gasteiger partial charge in [-0.25, -0.2) is 4.79 Å². The maximum absolute atomic E-state index is 11.2. The smallest absolute Gasteiger partial charge is 0.330 e. The predicted octanol–water partition coefficient (Wildman–Crippen LogP) is 1.66. The molecule has 0 aromatic heterocycles. The SMILES string of the molecule is CC(C)OC(=O)[C@H](C)NN=NN=CI. The zero-order valence-electron chi connectivity index (χ0n) is 8.27. The van der Waals surface area contributed by atoms with Crippen molar-refractivity contribution in [2.24, 2.45) is 15.5 Å². The first-order valence-electron chi connectivity index (χ1n) is 4.05. The van der Waals surface area contributed by atoms with E-state index in [2.05, 4.69) is 21.0 Å². The van der Waals surface area contributed by atoms with Crippen molar-refractivity contribution in [1.29, 1.82) is 0 Å². The number of nitrogens with zero attached hydrogens (tertiary/aromatic N) is 3. The normalized spacial score (nSPS) is 13.8. The number of nitrogens with one attached hydrogen (secondary N) is 1. The average molecular weight is 312 g/mol. The molecule has 0 saturated heterocycles. The number of rotatable bonds is 5. The molecule has 0 amide bonds. The van der Waals surface area contributed by atoms with Crippen LogP contribution in [0, 0.1) is 0 Å². The summed E-state index contributed by atoms with van der Waals surface area (Å²) in [5, 5.41) is 10.3. The Balaban J connectivity index is 3.83. The molecule has 0 aromatic carbocycles. The molecule has 6 nitrogen and oxygen atoms in total. The van der Waals surface area contributed by atoms with Gasteiger partial charge in [0, 0.05) is 0 Å². The summed E-state index contributed by atoms with van der Waals surface area (Å²) in [5.74, 6) is -0.364. The molecular weight excluding hydrogens is 299 g/mol. The van der Waals surface area contributed by atoms with E-state index in [4.69, 9.17) is 4.74 Å². The molecule has 7 heteroatoms. The third-order valence-corrected chi connectivity index (χ3v) is 1.35. The standard InChI is InChI=1S/C7H13IN4O2/c1-5(2)14-7(13)6(3)10-12-11-9-4-8/h4-6H,1-3H3,(H,10,11)/t6-/m0/s1. The lowest BCUT2D eigenvalue weighted by Gasteiger charge is -2.12. The second-order valence-corrected chi connectivity index (χ2v) is 3.30. The summed E-state index contributed by atoms with van der Waals surface area (Å²) in [6.45, 7) is 5.20. The van der Waals surface area contributed by atoms with Crippen LogP contribution < -0.4 is 5.43 Å². The van der Waals surface area contributed by atoms with Crippen molar-refractivity contribution < 1.29 is 9.53 Å². The lowest BCUT2D eigenvalue weighted by Crippen LogP contribution is -2.33. The van der Waals surface area contributed by atoms with Crippen molar-refractivity contribution in [3.63, 3.8) is 0 Å². The van der Waals surface area contributed by atoms with Gasteiger partial charge in [-0.3, -0.25) is 5.43 Å². The number of carbonyl (C=O) groups is 1. The van der Waals surface area contributed by atoms with Crippen molar-refractivity contribution in [2.75, 3.05) is 0 Å². The molecule has 0 unspecified atom stereocenters. The molecule has 0 radical (unpaired) electrons. The van der Waals surface area contributed by atoms with E-state index in [-0.39, 0.29) is 12.1 Å². The van der Waals surface area contributed by atoms with Gasteiger partial charge >= 0.3 is 5.97 Å². The highest BCUT2D eigenvalue weighted by Gasteiger charge is 2.14. The molecule has 0 aromatic rings. The Morgan fingerprint density at radius 1 is 1.50 bits per heavy atom. The summed E-state index contributed by atoms with van der Waals surface area (Å²) in [5.41, 5.74) is 2.49. The maximum atomic E-state index is 11.2. The van der Waals surface area contributed by atoms with Gasteiger partial charge in [0.25, 0.3) is 0 Å². The minimum Gasteiger partial charge on any atom is -0.461 e. The monoisotopic (exact) mass is 312 g/mol. The van der Waals surface area contributed by atoms with Crippen LogP contribution in [0.3, 0.4) is 0 Å². The van der Waals surface area contributed by atoms with Crippen LogP contribution in [0.5, 0.6) is 0 Å². The number of carbonyl (C=O) groups excluding carboxylic acids is 1.